The van der Waals surface area contributed by atoms with Crippen LogP contribution in [0.1, 0.15) is 0 Å². The third-order valence-corrected chi connectivity index (χ3v) is 1.87. The van der Waals surface area contributed by atoms with Gasteiger partial charge in [0.2, 0.25) is 5.28 Å². The summed E-state index contributed by atoms with van der Waals surface area (Å²) in [6.07, 6.45) is 1.56. The molecule has 66 valence electrons. The van der Waals surface area contributed by atoms with E-state index in [9.17, 15) is 0 Å². The molecular weight excluding hydrogens is 170 g/mol. The molecule has 0 fully saturated rings. The number of nitrogens with zero attached hydrogens (tertiary/aromatic N) is 2. The van der Waals surface area contributed by atoms with Crippen LogP contribution in [-0.2, 0) is 0 Å². The van der Waals surface area contributed by atoms with Crippen LogP contribution in [0.5, 0.6) is 0 Å². The third-order valence-electron chi connectivity index (χ3n) is 1.87. The Morgan fingerprint density at radius 2 is 2.08 bits per heavy atom. The van der Waals surface area contributed by atoms with Gasteiger partial charge in [0, 0.05) is 0 Å². The summed E-state index contributed by atoms with van der Waals surface area (Å²) < 4.78 is 0. The maximum absolute atomic E-state index is 9.11. The standard InChI is InChI=1S/C8H7N3O2/c12-10-11(13)8-5-9-7-4-2-1-3-6(7)8/h1-5,9,13H/p+1. The Morgan fingerprint density at radius 1 is 1.31 bits per heavy atom. The predicted molar refractivity (Wildman–Crippen MR) is 44.2 cm³/mol. The Kier molecular flexibility index (Phi) is 1.63. The van der Waals surface area contributed by atoms with Crippen LogP contribution in [0.15, 0.2) is 35.7 Å². The lowest BCUT2D eigenvalue weighted by atomic mass is 10.2. The smallest absolute Gasteiger partial charge is 0.317 e. The minimum absolute atomic E-state index is 0.415. The molecule has 3 N–H and O–H groups in total. The van der Waals surface area contributed by atoms with Crippen molar-refractivity contribution in [1.82, 2.24) is 4.98 Å². The molecule has 0 atom stereocenters. The first kappa shape index (κ1) is 7.60. The Balaban J connectivity index is 2.71. The van der Waals surface area contributed by atoms with Crippen LogP contribution in [0.3, 0.4) is 0 Å². The van der Waals surface area contributed by atoms with Crippen LogP contribution in [0, 0.1) is 0 Å². The summed E-state index contributed by atoms with van der Waals surface area (Å²) in [6.45, 7) is 0. The number of hydrogen-bond donors (Lipinski definition) is 3. The zero-order valence-electron chi connectivity index (χ0n) is 6.68. The fraction of sp³-hybridized carbons (Fsp3) is 0. The lowest BCUT2D eigenvalue weighted by Gasteiger charge is -1.85. The van der Waals surface area contributed by atoms with E-state index >= 15 is 0 Å². The van der Waals surface area contributed by atoms with E-state index in [4.69, 9.17) is 10.4 Å². The van der Waals surface area contributed by atoms with Crippen molar-refractivity contribution in [2.24, 2.45) is 5.28 Å². The van der Waals surface area contributed by atoms with E-state index in [1.54, 1.807) is 6.20 Å². The molecule has 0 aliphatic heterocycles. The van der Waals surface area contributed by atoms with E-state index in [0.29, 0.717) is 10.5 Å². The average Bonchev–Trinajstić information content (AvgIpc) is 2.60. The van der Waals surface area contributed by atoms with Crippen LogP contribution >= 0.6 is 0 Å². The highest BCUT2D eigenvalue weighted by Gasteiger charge is 2.16. The van der Waals surface area contributed by atoms with Crippen molar-refractivity contribution in [1.29, 1.82) is 0 Å². The molecule has 13 heavy (non-hydrogen) atoms. The van der Waals surface area contributed by atoms with Crippen LogP contribution in [-0.4, -0.2) is 20.3 Å². The number of hydrogen-bond acceptors (Lipinski definition) is 1. The summed E-state index contributed by atoms with van der Waals surface area (Å²) in [6, 6.07) is 7.39. The number of aromatic amines is 1. The second-order valence-electron chi connectivity index (χ2n) is 2.60. The molecule has 1 aromatic carbocycles. The van der Waals surface area contributed by atoms with Crippen LogP contribution in [0.4, 0.5) is 5.69 Å². The first-order chi connectivity index (χ1) is 6.33. The predicted octanol–water partition coefficient (Wildman–Crippen LogP) is 2.04. The van der Waals surface area contributed by atoms with Gasteiger partial charge in [-0.2, -0.15) is 0 Å². The second kappa shape index (κ2) is 2.78. The summed E-state index contributed by atoms with van der Waals surface area (Å²) in [7, 11) is 0. The van der Waals surface area contributed by atoms with Gasteiger partial charge in [-0.1, -0.05) is 12.1 Å². The molecule has 1 heterocycles. The molecule has 0 spiro atoms. The van der Waals surface area contributed by atoms with Crippen molar-refractivity contribution in [3.8, 4) is 0 Å². The molecule has 0 amide bonds. The van der Waals surface area contributed by atoms with Gasteiger partial charge in [-0.15, -0.1) is 0 Å². The number of rotatable bonds is 1. The molecule has 5 heteroatoms. The molecular formula is C8H8N3O2+. The topological polar surface area (TPSA) is 71.6 Å². The van der Waals surface area contributed by atoms with Crippen LogP contribution < -0.4 is 0 Å². The van der Waals surface area contributed by atoms with Gasteiger partial charge in [0.25, 0.3) is 0 Å². The van der Waals surface area contributed by atoms with Crippen LogP contribution in [0.25, 0.3) is 10.9 Å². The molecule has 0 saturated heterocycles. The Morgan fingerprint density at radius 3 is 2.85 bits per heavy atom. The third kappa shape index (κ3) is 1.10. The Hall–Kier alpha value is -2.04. The first-order valence-corrected chi connectivity index (χ1v) is 3.73. The summed E-state index contributed by atoms with van der Waals surface area (Å²) in [4.78, 5) is 3.35. The highest BCUT2D eigenvalue weighted by atomic mass is 16.6. The van der Waals surface area contributed by atoms with Crippen LogP contribution in [0.2, 0.25) is 0 Å². The van der Waals surface area contributed by atoms with Gasteiger partial charge in [-0.3, -0.25) is 5.21 Å². The van der Waals surface area contributed by atoms with E-state index in [-0.39, 0.29) is 0 Å². The lowest BCUT2D eigenvalue weighted by molar-refractivity contribution is -0.777. The largest absolute Gasteiger partial charge is 0.359 e. The summed E-state index contributed by atoms with van der Waals surface area (Å²) in [5, 5.41) is 20.9. The highest BCUT2D eigenvalue weighted by molar-refractivity contribution is 5.88. The maximum atomic E-state index is 9.11. The molecule has 0 aliphatic carbocycles. The van der Waals surface area contributed by atoms with Gasteiger partial charge < -0.3 is 10.2 Å². The van der Waals surface area contributed by atoms with Gasteiger partial charge in [0.05, 0.1) is 17.1 Å². The molecule has 0 saturated carbocycles. The van der Waals surface area contributed by atoms with Gasteiger partial charge in [0.15, 0.2) is 4.86 Å². The molecule has 0 bridgehead atoms. The number of para-hydroxylation sites is 1. The number of H-pyrrole nitrogens is 1. The van der Waals surface area contributed by atoms with E-state index in [1.807, 2.05) is 24.3 Å². The lowest BCUT2D eigenvalue weighted by Crippen LogP contribution is -1.92. The zero-order chi connectivity index (χ0) is 9.26. The minimum Gasteiger partial charge on any atom is -0.359 e. The first-order valence-electron chi connectivity index (χ1n) is 3.73. The van der Waals surface area contributed by atoms with Crippen molar-refractivity contribution in [3.05, 3.63) is 30.5 Å². The fourth-order valence-electron chi connectivity index (χ4n) is 1.27. The molecule has 2 rings (SSSR count). The summed E-state index contributed by atoms with van der Waals surface area (Å²) in [5.41, 5.74) is 1.29. The van der Waals surface area contributed by atoms with Gasteiger partial charge in [0.1, 0.15) is 0 Å². The molecule has 2 aromatic rings. The maximum Gasteiger partial charge on any atom is 0.317 e. The normalized spacial score (nSPS) is 12.2. The second-order valence-corrected chi connectivity index (χ2v) is 2.60. The molecule has 0 unspecified atom stereocenters. The van der Waals surface area contributed by atoms with Gasteiger partial charge in [-0.05, 0) is 12.1 Å². The van der Waals surface area contributed by atoms with E-state index < -0.39 is 0 Å². The molecule has 0 aliphatic rings. The molecule has 5 nitrogen and oxygen atoms in total. The average molecular weight is 178 g/mol. The van der Waals surface area contributed by atoms with Gasteiger partial charge in [-0.25, -0.2) is 0 Å². The minimum atomic E-state index is 0.415. The van der Waals surface area contributed by atoms with Crippen molar-refractivity contribution in [2.45, 2.75) is 0 Å². The highest BCUT2D eigenvalue weighted by Crippen LogP contribution is 2.23. The monoisotopic (exact) mass is 178 g/mol. The SMILES string of the molecule is ON=[N+](O)c1c[nH]c2ccccc12. The molecule has 0 radical (unpaired) electrons. The van der Waals surface area contributed by atoms with Crippen molar-refractivity contribution < 1.29 is 15.3 Å². The number of aromatic nitrogens is 1. The fourth-order valence-corrected chi connectivity index (χ4v) is 1.27. The number of fused-ring (bicyclic) bond motifs is 1. The summed E-state index contributed by atoms with van der Waals surface area (Å²) >= 11 is 0. The quantitative estimate of drug-likeness (QED) is 0.355. The summed E-state index contributed by atoms with van der Waals surface area (Å²) in [5.74, 6) is 0. The van der Waals surface area contributed by atoms with Gasteiger partial charge >= 0.3 is 5.69 Å². The van der Waals surface area contributed by atoms with E-state index in [2.05, 4.69) is 10.3 Å². The zero-order valence-corrected chi connectivity index (χ0v) is 6.68. The van der Waals surface area contributed by atoms with Crippen molar-refractivity contribution in [3.63, 3.8) is 0 Å². The van der Waals surface area contributed by atoms with Crippen molar-refractivity contribution >= 4 is 16.6 Å². The van der Waals surface area contributed by atoms with Crippen molar-refractivity contribution in [2.75, 3.05) is 0 Å². The van der Waals surface area contributed by atoms with E-state index in [0.717, 1.165) is 10.9 Å². The Labute approximate surface area is 73.5 Å². The van der Waals surface area contributed by atoms with E-state index in [1.165, 1.54) is 0 Å². The number of benzene rings is 1. The Bertz CT molecular complexity index is 461. The number of nitrogens with one attached hydrogen (secondary N) is 1. The molecule has 1 aromatic heterocycles.